The van der Waals surface area contributed by atoms with Crippen LogP contribution in [0.3, 0.4) is 0 Å². The minimum absolute atomic E-state index is 0.353. The van der Waals surface area contributed by atoms with E-state index in [-0.39, 0.29) is 0 Å². The smallest absolute Gasteiger partial charge is 0.0474 e. The van der Waals surface area contributed by atoms with E-state index < -0.39 is 0 Å². The van der Waals surface area contributed by atoms with Gasteiger partial charge >= 0.3 is 0 Å². The Balaban J connectivity index is 2.28. The zero-order valence-electron chi connectivity index (χ0n) is 9.79. The number of rotatable bonds is 5. The molecule has 0 amide bonds. The second-order valence-corrected chi connectivity index (χ2v) is 5.18. The van der Waals surface area contributed by atoms with Crippen molar-refractivity contribution in [1.29, 1.82) is 0 Å². The van der Waals surface area contributed by atoms with E-state index in [0.29, 0.717) is 24.6 Å². The highest BCUT2D eigenvalue weighted by molar-refractivity contribution is 4.84. The monoisotopic (exact) mass is 199 g/mol. The maximum absolute atomic E-state index is 9.19. The molecule has 3 unspecified atom stereocenters. The minimum atomic E-state index is 0.353. The van der Waals surface area contributed by atoms with Crippen LogP contribution >= 0.6 is 0 Å². The Kier molecular flexibility index (Phi) is 4.90. The van der Waals surface area contributed by atoms with Gasteiger partial charge < -0.3 is 10.4 Å². The number of hydrogen-bond acceptors (Lipinski definition) is 2. The number of aliphatic hydroxyl groups excluding tert-OH is 1. The van der Waals surface area contributed by atoms with E-state index in [2.05, 4.69) is 26.1 Å². The Morgan fingerprint density at radius 1 is 1.29 bits per heavy atom. The van der Waals surface area contributed by atoms with Gasteiger partial charge in [-0.3, -0.25) is 0 Å². The molecule has 0 spiro atoms. The van der Waals surface area contributed by atoms with Gasteiger partial charge in [0.2, 0.25) is 0 Å². The van der Waals surface area contributed by atoms with Crippen LogP contribution in [0.25, 0.3) is 0 Å². The Morgan fingerprint density at radius 2 is 2.00 bits per heavy atom. The molecule has 1 aliphatic carbocycles. The first kappa shape index (κ1) is 12.0. The summed E-state index contributed by atoms with van der Waals surface area (Å²) in [6, 6.07) is 1.15. The Morgan fingerprint density at radius 3 is 2.57 bits per heavy atom. The van der Waals surface area contributed by atoms with Gasteiger partial charge in [-0.25, -0.2) is 0 Å². The molecule has 3 atom stereocenters. The lowest BCUT2D eigenvalue weighted by Gasteiger charge is -2.24. The van der Waals surface area contributed by atoms with Gasteiger partial charge in [-0.2, -0.15) is 0 Å². The second-order valence-electron chi connectivity index (χ2n) is 5.18. The molecule has 2 N–H and O–H groups in total. The van der Waals surface area contributed by atoms with Crippen molar-refractivity contribution in [3.63, 3.8) is 0 Å². The molecule has 2 nitrogen and oxygen atoms in total. The first-order valence-electron chi connectivity index (χ1n) is 6.00. The molecule has 1 fully saturated rings. The van der Waals surface area contributed by atoms with Crippen LogP contribution < -0.4 is 5.32 Å². The van der Waals surface area contributed by atoms with E-state index in [9.17, 15) is 5.11 Å². The number of hydrogen-bond donors (Lipinski definition) is 2. The van der Waals surface area contributed by atoms with Gasteiger partial charge in [-0.1, -0.05) is 20.3 Å². The molecule has 0 heterocycles. The molecule has 0 aliphatic heterocycles. The van der Waals surface area contributed by atoms with Crippen molar-refractivity contribution in [3.05, 3.63) is 0 Å². The highest BCUT2D eigenvalue weighted by atomic mass is 16.3. The topological polar surface area (TPSA) is 32.3 Å². The van der Waals surface area contributed by atoms with Crippen molar-refractivity contribution in [3.8, 4) is 0 Å². The summed E-state index contributed by atoms with van der Waals surface area (Å²) in [5, 5.41) is 12.8. The van der Waals surface area contributed by atoms with Crippen LogP contribution in [0.5, 0.6) is 0 Å². The third kappa shape index (κ3) is 3.58. The van der Waals surface area contributed by atoms with Gasteiger partial charge in [0, 0.05) is 18.7 Å². The van der Waals surface area contributed by atoms with Crippen LogP contribution in [-0.2, 0) is 0 Å². The molecular formula is C12H25NO. The van der Waals surface area contributed by atoms with Crippen LogP contribution in [0.15, 0.2) is 0 Å². The van der Waals surface area contributed by atoms with Crippen molar-refractivity contribution >= 4 is 0 Å². The molecule has 1 saturated carbocycles. The van der Waals surface area contributed by atoms with Gasteiger partial charge in [-0.15, -0.1) is 0 Å². The molecule has 2 heteroatoms. The molecule has 0 saturated heterocycles. The lowest BCUT2D eigenvalue weighted by Crippen LogP contribution is -2.40. The maximum atomic E-state index is 9.19. The van der Waals surface area contributed by atoms with E-state index in [4.69, 9.17) is 0 Å². The highest BCUT2D eigenvalue weighted by Crippen LogP contribution is 2.25. The Hall–Kier alpha value is -0.0800. The van der Waals surface area contributed by atoms with E-state index >= 15 is 0 Å². The first-order chi connectivity index (χ1) is 6.63. The van der Waals surface area contributed by atoms with Crippen LogP contribution in [0, 0.1) is 11.8 Å². The summed E-state index contributed by atoms with van der Waals surface area (Å²) >= 11 is 0. The second kappa shape index (κ2) is 5.72. The van der Waals surface area contributed by atoms with E-state index in [0.717, 1.165) is 5.92 Å². The number of nitrogens with one attached hydrogen (secondary N) is 1. The lowest BCUT2D eigenvalue weighted by molar-refractivity contribution is 0.198. The molecule has 0 aromatic rings. The van der Waals surface area contributed by atoms with Gasteiger partial charge in [0.05, 0.1) is 0 Å². The minimum Gasteiger partial charge on any atom is -0.396 e. The fraction of sp³-hybridized carbons (Fsp3) is 1.00. The largest absolute Gasteiger partial charge is 0.396 e. The van der Waals surface area contributed by atoms with E-state index in [1.807, 2.05) is 0 Å². The van der Waals surface area contributed by atoms with Crippen molar-refractivity contribution in [2.45, 2.75) is 58.5 Å². The third-order valence-corrected chi connectivity index (χ3v) is 3.22. The van der Waals surface area contributed by atoms with E-state index in [1.54, 1.807) is 0 Å². The molecule has 14 heavy (non-hydrogen) atoms. The summed E-state index contributed by atoms with van der Waals surface area (Å²) in [5.74, 6) is 1.26. The van der Waals surface area contributed by atoms with Crippen molar-refractivity contribution < 1.29 is 5.11 Å². The predicted octanol–water partition coefficient (Wildman–Crippen LogP) is 2.17. The average molecular weight is 199 g/mol. The lowest BCUT2D eigenvalue weighted by atomic mass is 10.0. The summed E-state index contributed by atoms with van der Waals surface area (Å²) in [4.78, 5) is 0. The maximum Gasteiger partial charge on any atom is 0.0474 e. The Labute approximate surface area is 88.1 Å². The first-order valence-corrected chi connectivity index (χ1v) is 6.00. The van der Waals surface area contributed by atoms with Gasteiger partial charge in [-0.05, 0) is 38.0 Å². The average Bonchev–Trinajstić information content (AvgIpc) is 2.50. The number of aliphatic hydroxyl groups is 1. The fourth-order valence-electron chi connectivity index (χ4n) is 2.62. The Bertz CT molecular complexity index is 158. The van der Waals surface area contributed by atoms with Gasteiger partial charge in [0.25, 0.3) is 0 Å². The molecular weight excluding hydrogens is 174 g/mol. The molecule has 0 aromatic heterocycles. The normalized spacial score (nSPS) is 29.8. The summed E-state index contributed by atoms with van der Waals surface area (Å²) in [6.07, 6.45) is 4.95. The zero-order valence-corrected chi connectivity index (χ0v) is 9.79. The van der Waals surface area contributed by atoms with Crippen LogP contribution in [0.1, 0.15) is 46.5 Å². The molecule has 0 bridgehead atoms. The summed E-state index contributed by atoms with van der Waals surface area (Å²) < 4.78 is 0. The third-order valence-electron chi connectivity index (χ3n) is 3.22. The predicted molar refractivity (Wildman–Crippen MR) is 60.3 cm³/mol. The van der Waals surface area contributed by atoms with Gasteiger partial charge in [0.1, 0.15) is 0 Å². The summed E-state index contributed by atoms with van der Waals surface area (Å²) in [6.45, 7) is 7.13. The molecule has 0 aromatic carbocycles. The zero-order chi connectivity index (χ0) is 10.6. The van der Waals surface area contributed by atoms with E-state index in [1.165, 1.54) is 25.7 Å². The molecule has 1 rings (SSSR count). The quantitative estimate of drug-likeness (QED) is 0.711. The molecule has 0 radical (unpaired) electrons. The van der Waals surface area contributed by atoms with Crippen molar-refractivity contribution in [1.82, 2.24) is 5.32 Å². The molecule has 1 aliphatic rings. The van der Waals surface area contributed by atoms with Gasteiger partial charge in [0.15, 0.2) is 0 Å². The standard InChI is InChI=1S/C12H25NO/c1-9(2)7-10(3)13-12-6-4-5-11(12)8-14/h9-14H,4-8H2,1-3H3. The van der Waals surface area contributed by atoms with Crippen LogP contribution in [-0.4, -0.2) is 23.8 Å². The summed E-state index contributed by atoms with van der Waals surface area (Å²) in [5.41, 5.74) is 0. The van der Waals surface area contributed by atoms with Crippen molar-refractivity contribution in [2.24, 2.45) is 11.8 Å². The summed E-state index contributed by atoms with van der Waals surface area (Å²) in [7, 11) is 0. The fourth-order valence-corrected chi connectivity index (χ4v) is 2.62. The van der Waals surface area contributed by atoms with Crippen LogP contribution in [0.2, 0.25) is 0 Å². The molecule has 84 valence electrons. The highest BCUT2D eigenvalue weighted by Gasteiger charge is 2.27. The van der Waals surface area contributed by atoms with Crippen LogP contribution in [0.4, 0.5) is 0 Å². The van der Waals surface area contributed by atoms with Crippen molar-refractivity contribution in [2.75, 3.05) is 6.61 Å². The SMILES string of the molecule is CC(C)CC(C)NC1CCCC1CO.